The minimum Gasteiger partial charge on any atom is -0.478 e. The van der Waals surface area contributed by atoms with Crippen LogP contribution < -0.4 is 5.32 Å². The molecule has 2 aromatic rings. The molecule has 0 amide bonds. The van der Waals surface area contributed by atoms with Crippen LogP contribution in [0.2, 0.25) is 5.02 Å². The molecule has 0 atom stereocenters. The van der Waals surface area contributed by atoms with E-state index in [1.165, 1.54) is 30.5 Å². The van der Waals surface area contributed by atoms with E-state index in [9.17, 15) is 9.18 Å². The zero-order valence-electron chi connectivity index (χ0n) is 11.2. The number of nitrogens with one attached hydrogen (secondary N) is 1. The van der Waals surface area contributed by atoms with Crippen molar-refractivity contribution in [1.82, 2.24) is 0 Å². The van der Waals surface area contributed by atoms with E-state index in [1.807, 2.05) is 6.07 Å². The van der Waals surface area contributed by atoms with E-state index in [0.717, 1.165) is 6.07 Å². The maximum atomic E-state index is 13.8. The predicted octanol–water partition coefficient (Wildman–Crippen LogP) is 4.13. The number of nitrogens with zero attached hydrogens (tertiary/aromatic N) is 1. The van der Waals surface area contributed by atoms with Crippen molar-refractivity contribution >= 4 is 29.3 Å². The highest BCUT2D eigenvalue weighted by Crippen LogP contribution is 2.21. The first-order valence-corrected chi connectivity index (χ1v) is 6.54. The molecule has 22 heavy (non-hydrogen) atoms. The van der Waals surface area contributed by atoms with E-state index in [4.69, 9.17) is 22.0 Å². The molecule has 6 heteroatoms. The molecule has 110 valence electrons. The third kappa shape index (κ3) is 3.62. The van der Waals surface area contributed by atoms with Crippen LogP contribution >= 0.6 is 11.6 Å². The molecule has 2 aromatic carbocycles. The predicted molar refractivity (Wildman–Crippen MR) is 82.2 cm³/mol. The van der Waals surface area contributed by atoms with Gasteiger partial charge in [0.1, 0.15) is 5.82 Å². The molecule has 2 N–H and O–H groups in total. The van der Waals surface area contributed by atoms with Gasteiger partial charge in [-0.1, -0.05) is 11.6 Å². The van der Waals surface area contributed by atoms with Crippen LogP contribution in [0.3, 0.4) is 0 Å². The van der Waals surface area contributed by atoms with E-state index in [2.05, 4.69) is 5.32 Å². The molecule has 0 aliphatic heterocycles. The molecular weight excluding hydrogens is 307 g/mol. The number of carboxylic acids is 1. The summed E-state index contributed by atoms with van der Waals surface area (Å²) in [6.45, 7) is 0. The van der Waals surface area contributed by atoms with Gasteiger partial charge in [-0.25, -0.2) is 9.18 Å². The van der Waals surface area contributed by atoms with Gasteiger partial charge in [-0.15, -0.1) is 0 Å². The van der Waals surface area contributed by atoms with Crippen LogP contribution in [0.15, 0.2) is 42.6 Å². The zero-order chi connectivity index (χ0) is 16.1. The molecule has 0 radical (unpaired) electrons. The monoisotopic (exact) mass is 316 g/mol. The maximum Gasteiger partial charge on any atom is 0.335 e. The van der Waals surface area contributed by atoms with Crippen molar-refractivity contribution in [3.8, 4) is 6.07 Å². The summed E-state index contributed by atoms with van der Waals surface area (Å²) in [5.74, 6) is -1.60. The SMILES string of the molecule is N#Cc1cc(Cl)cc(F)c1C=CNc1ccc(C(=O)O)cc1. The van der Waals surface area contributed by atoms with Gasteiger partial charge in [0.25, 0.3) is 0 Å². The smallest absolute Gasteiger partial charge is 0.335 e. The molecule has 0 unspecified atom stereocenters. The van der Waals surface area contributed by atoms with E-state index >= 15 is 0 Å². The van der Waals surface area contributed by atoms with Crippen molar-refractivity contribution in [3.63, 3.8) is 0 Å². The summed E-state index contributed by atoms with van der Waals surface area (Å²) in [5, 5.41) is 20.8. The highest BCUT2D eigenvalue weighted by atomic mass is 35.5. The fraction of sp³-hybridized carbons (Fsp3) is 0. The van der Waals surface area contributed by atoms with Crippen LogP contribution in [0.25, 0.3) is 6.08 Å². The number of carbonyl (C=O) groups is 1. The average molecular weight is 317 g/mol. The van der Waals surface area contributed by atoms with Gasteiger partial charge in [-0.3, -0.25) is 0 Å². The normalized spacial score (nSPS) is 10.4. The molecule has 0 fully saturated rings. The molecule has 4 nitrogen and oxygen atoms in total. The van der Waals surface area contributed by atoms with E-state index in [-0.39, 0.29) is 21.7 Å². The summed E-state index contributed by atoms with van der Waals surface area (Å²) in [6, 6.07) is 10.4. The third-order valence-electron chi connectivity index (χ3n) is 2.85. The van der Waals surface area contributed by atoms with E-state index in [1.54, 1.807) is 12.1 Å². The van der Waals surface area contributed by atoms with Crippen LogP contribution in [0.4, 0.5) is 10.1 Å². The van der Waals surface area contributed by atoms with E-state index in [0.29, 0.717) is 5.69 Å². The summed E-state index contributed by atoms with van der Waals surface area (Å²) < 4.78 is 13.8. The molecule has 0 aromatic heterocycles. The van der Waals surface area contributed by atoms with Gasteiger partial charge in [-0.2, -0.15) is 5.26 Å². The first-order valence-electron chi connectivity index (χ1n) is 6.17. The minimum absolute atomic E-state index is 0.126. The van der Waals surface area contributed by atoms with Crippen LogP contribution in [0.5, 0.6) is 0 Å². The molecule has 2 rings (SSSR count). The number of rotatable bonds is 4. The van der Waals surface area contributed by atoms with Gasteiger partial charge in [0.05, 0.1) is 17.2 Å². The summed E-state index contributed by atoms with van der Waals surface area (Å²) >= 11 is 5.69. The summed E-state index contributed by atoms with van der Waals surface area (Å²) in [5.41, 5.74) is 1.06. The van der Waals surface area contributed by atoms with Crippen LogP contribution in [-0.4, -0.2) is 11.1 Å². The third-order valence-corrected chi connectivity index (χ3v) is 3.06. The number of halogens is 2. The molecule has 0 spiro atoms. The number of nitriles is 1. The van der Waals surface area contributed by atoms with Crippen LogP contribution in [0.1, 0.15) is 21.5 Å². The fourth-order valence-corrected chi connectivity index (χ4v) is 1.98. The largest absolute Gasteiger partial charge is 0.478 e. The Bertz CT molecular complexity index is 780. The number of aromatic carboxylic acids is 1. The quantitative estimate of drug-likeness (QED) is 0.889. The van der Waals surface area contributed by atoms with E-state index < -0.39 is 11.8 Å². The molecule has 0 saturated carbocycles. The van der Waals surface area contributed by atoms with Crippen molar-refractivity contribution in [2.24, 2.45) is 0 Å². The van der Waals surface area contributed by atoms with Gasteiger partial charge >= 0.3 is 5.97 Å². The van der Waals surface area contributed by atoms with Gasteiger partial charge in [0.2, 0.25) is 0 Å². The van der Waals surface area contributed by atoms with Crippen molar-refractivity contribution < 1.29 is 14.3 Å². The van der Waals surface area contributed by atoms with Crippen LogP contribution in [0, 0.1) is 17.1 Å². The second-order valence-electron chi connectivity index (χ2n) is 4.32. The molecule has 0 aliphatic carbocycles. The Morgan fingerprint density at radius 3 is 2.59 bits per heavy atom. The number of carboxylic acid groups (broad SMARTS) is 1. The van der Waals surface area contributed by atoms with Crippen molar-refractivity contribution in [3.05, 3.63) is 70.1 Å². The second-order valence-corrected chi connectivity index (χ2v) is 4.76. The Morgan fingerprint density at radius 2 is 2.00 bits per heavy atom. The molecule has 0 heterocycles. The lowest BCUT2D eigenvalue weighted by Gasteiger charge is -2.03. The van der Waals surface area contributed by atoms with Crippen molar-refractivity contribution in [2.75, 3.05) is 5.32 Å². The van der Waals surface area contributed by atoms with Crippen molar-refractivity contribution in [2.45, 2.75) is 0 Å². The van der Waals surface area contributed by atoms with Gasteiger partial charge in [0.15, 0.2) is 0 Å². The molecule has 0 saturated heterocycles. The summed E-state index contributed by atoms with van der Waals surface area (Å²) in [6.07, 6.45) is 2.87. The van der Waals surface area contributed by atoms with Crippen LogP contribution in [-0.2, 0) is 0 Å². The standard InChI is InChI=1S/C16H10ClFN2O2/c17-12-7-11(9-19)14(15(18)8-12)5-6-20-13-3-1-10(2-4-13)16(21)22/h1-8,20H,(H,21,22). The average Bonchev–Trinajstić information content (AvgIpc) is 2.49. The fourth-order valence-electron chi connectivity index (χ4n) is 1.78. The van der Waals surface area contributed by atoms with Gasteiger partial charge in [0, 0.05) is 22.5 Å². The number of hydrogen-bond donors (Lipinski definition) is 2. The Labute approximate surface area is 131 Å². The Kier molecular flexibility index (Phi) is 4.77. The maximum absolute atomic E-state index is 13.8. The van der Waals surface area contributed by atoms with Crippen molar-refractivity contribution in [1.29, 1.82) is 5.26 Å². The first-order chi connectivity index (χ1) is 10.5. The zero-order valence-corrected chi connectivity index (χ0v) is 11.9. The number of benzene rings is 2. The topological polar surface area (TPSA) is 73.1 Å². The summed E-state index contributed by atoms with van der Waals surface area (Å²) in [4.78, 5) is 10.7. The molecular formula is C16H10ClFN2O2. The lowest BCUT2D eigenvalue weighted by atomic mass is 10.1. The Hall–Kier alpha value is -2.84. The second kappa shape index (κ2) is 6.74. The number of anilines is 1. The number of hydrogen-bond acceptors (Lipinski definition) is 3. The summed E-state index contributed by atoms with van der Waals surface area (Å²) in [7, 11) is 0. The Balaban J connectivity index is 2.16. The molecule has 0 bridgehead atoms. The minimum atomic E-state index is -1.01. The molecule has 0 aliphatic rings. The Morgan fingerprint density at radius 1 is 1.32 bits per heavy atom. The lowest BCUT2D eigenvalue weighted by Crippen LogP contribution is -1.96. The first kappa shape index (κ1) is 15.5. The highest BCUT2D eigenvalue weighted by molar-refractivity contribution is 6.30. The van der Waals surface area contributed by atoms with Gasteiger partial charge < -0.3 is 10.4 Å². The lowest BCUT2D eigenvalue weighted by molar-refractivity contribution is 0.0697. The van der Waals surface area contributed by atoms with Gasteiger partial charge in [-0.05, 0) is 42.5 Å². The highest BCUT2D eigenvalue weighted by Gasteiger charge is 2.07.